The van der Waals surface area contributed by atoms with Gasteiger partial charge < -0.3 is 5.73 Å². The zero-order chi connectivity index (χ0) is 21.5. The van der Waals surface area contributed by atoms with Crippen molar-refractivity contribution in [3.05, 3.63) is 69.8 Å². The number of nitrogen functional groups attached to an aromatic ring is 1. The van der Waals surface area contributed by atoms with Gasteiger partial charge in [-0.15, -0.1) is 11.3 Å². The number of nitrogens with zero attached hydrogens (tertiary/aromatic N) is 4. The molecule has 0 radical (unpaired) electrons. The molecule has 0 saturated carbocycles. The fourth-order valence-electron chi connectivity index (χ4n) is 3.08. The Kier molecular flexibility index (Phi) is 4.53. The number of carbonyl (C=O) groups excluding carboxylic acids is 1. The second-order valence-corrected chi connectivity index (χ2v) is 8.54. The third-order valence-corrected chi connectivity index (χ3v) is 6.63. The van der Waals surface area contributed by atoms with Crippen LogP contribution in [0.4, 0.5) is 16.5 Å². The Balaban J connectivity index is 1.46. The topological polar surface area (TPSA) is 137 Å². The van der Waals surface area contributed by atoms with Crippen LogP contribution in [0, 0.1) is 10.1 Å². The zero-order valence-corrected chi connectivity index (χ0v) is 17.2. The number of pyridine rings is 2. The molecule has 5 aromatic rings. The Labute approximate surface area is 182 Å². The van der Waals surface area contributed by atoms with Crippen molar-refractivity contribution < 1.29 is 9.72 Å². The van der Waals surface area contributed by atoms with Crippen molar-refractivity contribution in [2.24, 2.45) is 0 Å². The standard InChI is InChI=1S/C20H12N6O3S2/c21-16-12-2-4-13(10-5-7-22-8-6-10)23-19(12)31-17(16)18(27)25-20-24-14-3-1-11(26(28)29)9-15(14)30-20/h1-9H,21H2,(H,24,25,27). The number of hydrogen-bond acceptors (Lipinski definition) is 9. The van der Waals surface area contributed by atoms with E-state index in [9.17, 15) is 14.9 Å². The lowest BCUT2D eigenvalue weighted by atomic mass is 10.1. The van der Waals surface area contributed by atoms with Gasteiger partial charge in [-0.3, -0.25) is 25.2 Å². The van der Waals surface area contributed by atoms with Crippen LogP contribution in [0.15, 0.2) is 54.9 Å². The second kappa shape index (κ2) is 7.38. The Bertz CT molecular complexity index is 1480. The molecule has 0 atom stereocenters. The molecule has 152 valence electrons. The Morgan fingerprint density at radius 2 is 1.87 bits per heavy atom. The van der Waals surface area contributed by atoms with Crippen molar-refractivity contribution >= 4 is 65.5 Å². The Morgan fingerprint density at radius 3 is 2.65 bits per heavy atom. The monoisotopic (exact) mass is 448 g/mol. The third kappa shape index (κ3) is 3.45. The maximum Gasteiger partial charge on any atom is 0.270 e. The molecule has 31 heavy (non-hydrogen) atoms. The van der Waals surface area contributed by atoms with E-state index < -0.39 is 10.8 Å². The third-order valence-electron chi connectivity index (χ3n) is 4.58. The highest BCUT2D eigenvalue weighted by molar-refractivity contribution is 7.23. The molecule has 1 amide bonds. The molecule has 0 aliphatic carbocycles. The van der Waals surface area contributed by atoms with Gasteiger partial charge in [0.25, 0.3) is 11.6 Å². The maximum absolute atomic E-state index is 12.9. The number of non-ortho nitro benzene ring substituents is 1. The number of benzene rings is 1. The first kappa shape index (κ1) is 19.0. The highest BCUT2D eigenvalue weighted by Gasteiger charge is 2.19. The molecule has 11 heteroatoms. The van der Waals surface area contributed by atoms with Gasteiger partial charge >= 0.3 is 0 Å². The molecule has 3 N–H and O–H groups in total. The van der Waals surface area contributed by atoms with Gasteiger partial charge in [0.1, 0.15) is 9.71 Å². The Morgan fingerprint density at radius 1 is 1.06 bits per heavy atom. The van der Waals surface area contributed by atoms with Crippen molar-refractivity contribution in [3.63, 3.8) is 0 Å². The number of hydrogen-bond donors (Lipinski definition) is 2. The highest BCUT2D eigenvalue weighted by Crippen LogP contribution is 2.35. The average Bonchev–Trinajstić information content (AvgIpc) is 3.33. The summed E-state index contributed by atoms with van der Waals surface area (Å²) in [5.74, 6) is -0.403. The lowest BCUT2D eigenvalue weighted by molar-refractivity contribution is -0.384. The van der Waals surface area contributed by atoms with Crippen molar-refractivity contribution in [1.29, 1.82) is 0 Å². The summed E-state index contributed by atoms with van der Waals surface area (Å²) in [7, 11) is 0. The summed E-state index contributed by atoms with van der Waals surface area (Å²) in [6, 6.07) is 11.8. The minimum atomic E-state index is -0.470. The molecule has 0 saturated heterocycles. The maximum atomic E-state index is 12.9. The summed E-state index contributed by atoms with van der Waals surface area (Å²) < 4.78 is 0.609. The van der Waals surface area contributed by atoms with E-state index in [1.165, 1.54) is 23.5 Å². The number of thiophene rings is 1. The summed E-state index contributed by atoms with van der Waals surface area (Å²) in [5.41, 5.74) is 8.78. The van der Waals surface area contributed by atoms with Gasteiger partial charge in [0.2, 0.25) is 0 Å². The van der Waals surface area contributed by atoms with E-state index in [4.69, 9.17) is 5.73 Å². The van der Waals surface area contributed by atoms with Gasteiger partial charge in [-0.05, 0) is 30.3 Å². The van der Waals surface area contributed by atoms with E-state index in [0.29, 0.717) is 36.1 Å². The molecule has 0 aliphatic heterocycles. The first-order chi connectivity index (χ1) is 15.0. The van der Waals surface area contributed by atoms with E-state index >= 15 is 0 Å². The molecular formula is C20H12N6O3S2. The number of aromatic nitrogens is 3. The van der Waals surface area contributed by atoms with Crippen molar-refractivity contribution in [2.45, 2.75) is 0 Å². The first-order valence-electron chi connectivity index (χ1n) is 8.95. The van der Waals surface area contributed by atoms with E-state index in [2.05, 4.69) is 20.3 Å². The predicted octanol–water partition coefficient (Wildman–Crippen LogP) is 4.71. The summed E-state index contributed by atoms with van der Waals surface area (Å²) >= 11 is 2.36. The zero-order valence-electron chi connectivity index (χ0n) is 15.6. The summed E-state index contributed by atoms with van der Waals surface area (Å²) in [6.07, 6.45) is 3.38. The van der Waals surface area contributed by atoms with Gasteiger partial charge in [0.05, 0.1) is 26.5 Å². The number of anilines is 2. The molecule has 4 heterocycles. The molecule has 0 fully saturated rings. The number of nitrogens with one attached hydrogen (secondary N) is 1. The van der Waals surface area contributed by atoms with Crippen LogP contribution in [0.1, 0.15) is 9.67 Å². The highest BCUT2D eigenvalue weighted by atomic mass is 32.1. The van der Waals surface area contributed by atoms with Crippen LogP contribution in [0.3, 0.4) is 0 Å². The van der Waals surface area contributed by atoms with E-state index in [1.54, 1.807) is 18.5 Å². The van der Waals surface area contributed by atoms with Gasteiger partial charge in [-0.2, -0.15) is 0 Å². The van der Waals surface area contributed by atoms with Crippen molar-refractivity contribution in [2.75, 3.05) is 11.1 Å². The predicted molar refractivity (Wildman–Crippen MR) is 121 cm³/mol. The van der Waals surface area contributed by atoms with Gasteiger partial charge in [-0.25, -0.2) is 9.97 Å². The SMILES string of the molecule is Nc1c(C(=O)Nc2nc3ccc([N+](=O)[O-])cc3s2)sc2nc(-c3ccncc3)ccc12. The molecule has 0 unspecified atom stereocenters. The fourth-order valence-corrected chi connectivity index (χ4v) is 4.97. The average molecular weight is 448 g/mol. The normalized spacial score (nSPS) is 11.1. The number of nitro benzene ring substituents is 1. The number of nitro groups is 1. The number of thiazole rings is 1. The molecule has 5 rings (SSSR count). The van der Waals surface area contributed by atoms with E-state index in [1.807, 2.05) is 24.3 Å². The smallest absolute Gasteiger partial charge is 0.270 e. The fraction of sp³-hybridized carbons (Fsp3) is 0. The number of amides is 1. The van der Waals surface area contributed by atoms with Crippen molar-refractivity contribution in [3.8, 4) is 11.3 Å². The number of fused-ring (bicyclic) bond motifs is 2. The largest absolute Gasteiger partial charge is 0.397 e. The van der Waals surface area contributed by atoms with Crippen LogP contribution in [-0.4, -0.2) is 25.8 Å². The molecule has 9 nitrogen and oxygen atoms in total. The summed E-state index contributed by atoms with van der Waals surface area (Å²) in [6.45, 7) is 0. The minimum absolute atomic E-state index is 0.0288. The van der Waals surface area contributed by atoms with E-state index in [0.717, 1.165) is 22.6 Å². The van der Waals surface area contributed by atoms with Crippen LogP contribution in [0.25, 0.3) is 31.7 Å². The number of rotatable bonds is 4. The Hall–Kier alpha value is -3.96. The molecule has 0 aliphatic rings. The molecule has 4 aromatic heterocycles. The van der Waals surface area contributed by atoms with Crippen LogP contribution in [0.5, 0.6) is 0 Å². The van der Waals surface area contributed by atoms with Gasteiger partial charge in [0, 0.05) is 35.5 Å². The molecule has 0 spiro atoms. The molecular weight excluding hydrogens is 436 g/mol. The lowest BCUT2D eigenvalue weighted by Gasteiger charge is -2.00. The van der Waals surface area contributed by atoms with Crippen LogP contribution in [0.2, 0.25) is 0 Å². The van der Waals surface area contributed by atoms with Crippen LogP contribution < -0.4 is 11.1 Å². The van der Waals surface area contributed by atoms with Crippen LogP contribution >= 0.6 is 22.7 Å². The quantitative estimate of drug-likeness (QED) is 0.300. The molecule has 0 bridgehead atoms. The minimum Gasteiger partial charge on any atom is -0.397 e. The second-order valence-electron chi connectivity index (χ2n) is 6.51. The summed E-state index contributed by atoms with van der Waals surface area (Å²) in [5, 5.41) is 14.7. The number of carbonyl (C=O) groups is 1. The molecule has 1 aromatic carbocycles. The van der Waals surface area contributed by atoms with Gasteiger partial charge in [-0.1, -0.05) is 11.3 Å². The number of nitrogens with two attached hydrogens (primary N) is 1. The van der Waals surface area contributed by atoms with Gasteiger partial charge in [0.15, 0.2) is 5.13 Å². The van der Waals surface area contributed by atoms with Crippen LogP contribution in [-0.2, 0) is 0 Å². The lowest BCUT2D eigenvalue weighted by Crippen LogP contribution is -2.11. The van der Waals surface area contributed by atoms with E-state index in [-0.39, 0.29) is 5.69 Å². The van der Waals surface area contributed by atoms with Crippen molar-refractivity contribution in [1.82, 2.24) is 15.0 Å². The first-order valence-corrected chi connectivity index (χ1v) is 10.6. The summed E-state index contributed by atoms with van der Waals surface area (Å²) in [4.78, 5) is 37.3.